The van der Waals surface area contributed by atoms with Crippen molar-refractivity contribution in [1.29, 1.82) is 0 Å². The maximum atomic E-state index is 12.5. The van der Waals surface area contributed by atoms with Gasteiger partial charge in [0.15, 0.2) is 0 Å². The Kier molecular flexibility index (Phi) is 4.81. The molecule has 1 fully saturated rings. The Morgan fingerprint density at radius 1 is 1.35 bits per heavy atom. The monoisotopic (exact) mass is 279 g/mol. The van der Waals surface area contributed by atoms with Crippen molar-refractivity contribution in [3.05, 3.63) is 23.8 Å². The molecule has 1 amide bonds. The molecule has 0 bridgehead atoms. The van der Waals surface area contributed by atoms with E-state index < -0.39 is 0 Å². The van der Waals surface area contributed by atoms with Gasteiger partial charge >= 0.3 is 0 Å². The van der Waals surface area contributed by atoms with Crippen molar-refractivity contribution in [2.75, 3.05) is 46.4 Å². The van der Waals surface area contributed by atoms with E-state index in [4.69, 9.17) is 10.5 Å². The average Bonchev–Trinajstić information content (AvgIpc) is 2.47. The minimum Gasteiger partial charge on any atom is -0.507 e. The van der Waals surface area contributed by atoms with Crippen LogP contribution in [0.1, 0.15) is 10.4 Å². The SMILES string of the molecule is COc1cccc(O)c1C(=O)N1CCN(CCN)CC1. The lowest BCUT2D eigenvalue weighted by Gasteiger charge is -2.34. The van der Waals surface area contributed by atoms with Crippen molar-refractivity contribution in [3.63, 3.8) is 0 Å². The fraction of sp³-hybridized carbons (Fsp3) is 0.500. The number of hydrogen-bond donors (Lipinski definition) is 2. The van der Waals surface area contributed by atoms with Gasteiger partial charge in [0.2, 0.25) is 0 Å². The summed E-state index contributed by atoms with van der Waals surface area (Å²) in [6.45, 7) is 4.35. The van der Waals surface area contributed by atoms with E-state index >= 15 is 0 Å². The van der Waals surface area contributed by atoms with Crippen molar-refractivity contribution in [1.82, 2.24) is 9.80 Å². The maximum Gasteiger partial charge on any atom is 0.261 e. The zero-order valence-corrected chi connectivity index (χ0v) is 11.7. The number of carbonyl (C=O) groups excluding carboxylic acids is 1. The van der Waals surface area contributed by atoms with Gasteiger partial charge < -0.3 is 20.5 Å². The largest absolute Gasteiger partial charge is 0.507 e. The molecule has 110 valence electrons. The molecule has 0 saturated carbocycles. The van der Waals surface area contributed by atoms with Crippen molar-refractivity contribution in [3.8, 4) is 11.5 Å². The lowest BCUT2D eigenvalue weighted by Crippen LogP contribution is -2.49. The maximum absolute atomic E-state index is 12.5. The zero-order chi connectivity index (χ0) is 14.5. The fourth-order valence-corrected chi connectivity index (χ4v) is 2.42. The topological polar surface area (TPSA) is 79.0 Å². The normalized spacial score (nSPS) is 16.2. The quantitative estimate of drug-likeness (QED) is 0.818. The van der Waals surface area contributed by atoms with Crippen LogP contribution >= 0.6 is 0 Å². The van der Waals surface area contributed by atoms with E-state index in [0.29, 0.717) is 25.4 Å². The molecule has 1 aromatic rings. The number of piperazine rings is 1. The van der Waals surface area contributed by atoms with Crippen LogP contribution in [-0.2, 0) is 0 Å². The van der Waals surface area contributed by atoms with Crippen molar-refractivity contribution in [2.24, 2.45) is 5.73 Å². The highest BCUT2D eigenvalue weighted by molar-refractivity contribution is 5.99. The highest BCUT2D eigenvalue weighted by Gasteiger charge is 2.26. The lowest BCUT2D eigenvalue weighted by molar-refractivity contribution is 0.0634. The van der Waals surface area contributed by atoms with Crippen LogP contribution in [0.5, 0.6) is 11.5 Å². The Labute approximate surface area is 118 Å². The number of nitrogens with two attached hydrogens (primary N) is 1. The van der Waals surface area contributed by atoms with Gasteiger partial charge in [0, 0.05) is 39.3 Å². The van der Waals surface area contributed by atoms with Gasteiger partial charge in [-0.05, 0) is 12.1 Å². The van der Waals surface area contributed by atoms with Crippen LogP contribution in [-0.4, -0.2) is 67.2 Å². The third-order valence-electron chi connectivity index (χ3n) is 3.54. The molecular weight excluding hydrogens is 258 g/mol. The molecule has 0 aromatic heterocycles. The molecule has 1 heterocycles. The van der Waals surface area contributed by atoms with E-state index in [1.807, 2.05) is 0 Å². The molecule has 20 heavy (non-hydrogen) atoms. The number of phenolic OH excluding ortho intramolecular Hbond substituents is 1. The van der Waals surface area contributed by atoms with E-state index in [-0.39, 0.29) is 17.2 Å². The minimum absolute atomic E-state index is 0.0428. The number of nitrogens with zero attached hydrogens (tertiary/aromatic N) is 2. The number of amides is 1. The zero-order valence-electron chi connectivity index (χ0n) is 11.7. The van der Waals surface area contributed by atoms with Crippen LogP contribution < -0.4 is 10.5 Å². The second-order valence-corrected chi connectivity index (χ2v) is 4.78. The minimum atomic E-state index is -0.188. The first kappa shape index (κ1) is 14.6. The summed E-state index contributed by atoms with van der Waals surface area (Å²) < 4.78 is 5.16. The van der Waals surface area contributed by atoms with E-state index in [2.05, 4.69) is 4.90 Å². The van der Waals surface area contributed by atoms with Crippen LogP contribution in [0.2, 0.25) is 0 Å². The molecule has 0 radical (unpaired) electrons. The van der Waals surface area contributed by atoms with Crippen LogP contribution in [0.15, 0.2) is 18.2 Å². The average molecular weight is 279 g/mol. The van der Waals surface area contributed by atoms with Gasteiger partial charge in [-0.25, -0.2) is 0 Å². The molecule has 0 unspecified atom stereocenters. The van der Waals surface area contributed by atoms with Gasteiger partial charge in [0.1, 0.15) is 17.1 Å². The second-order valence-electron chi connectivity index (χ2n) is 4.78. The molecule has 0 atom stereocenters. The van der Waals surface area contributed by atoms with Crippen LogP contribution in [0.4, 0.5) is 0 Å². The van der Waals surface area contributed by atoms with Gasteiger partial charge in [-0.15, -0.1) is 0 Å². The van der Waals surface area contributed by atoms with Crippen LogP contribution in [0.3, 0.4) is 0 Å². The number of benzene rings is 1. The molecule has 1 aliphatic rings. The Morgan fingerprint density at radius 2 is 2.05 bits per heavy atom. The Bertz CT molecular complexity index is 471. The molecule has 2 rings (SSSR count). The molecule has 6 heteroatoms. The molecular formula is C14H21N3O3. The molecule has 1 aromatic carbocycles. The second kappa shape index (κ2) is 6.58. The number of carbonyl (C=O) groups is 1. The summed E-state index contributed by atoms with van der Waals surface area (Å²) >= 11 is 0. The molecule has 0 aliphatic carbocycles. The lowest BCUT2D eigenvalue weighted by atomic mass is 10.1. The van der Waals surface area contributed by atoms with Crippen LogP contribution in [0, 0.1) is 0 Å². The first-order chi connectivity index (χ1) is 9.67. The predicted molar refractivity (Wildman–Crippen MR) is 76.1 cm³/mol. The van der Waals surface area contributed by atoms with Gasteiger partial charge in [-0.3, -0.25) is 9.69 Å². The van der Waals surface area contributed by atoms with Crippen molar-refractivity contribution >= 4 is 5.91 Å². The van der Waals surface area contributed by atoms with Gasteiger partial charge in [0.25, 0.3) is 5.91 Å². The van der Waals surface area contributed by atoms with Gasteiger partial charge in [-0.1, -0.05) is 6.07 Å². The Balaban J connectivity index is 2.09. The number of aromatic hydroxyl groups is 1. The third-order valence-corrected chi connectivity index (χ3v) is 3.54. The Morgan fingerprint density at radius 3 is 2.65 bits per heavy atom. The van der Waals surface area contributed by atoms with Gasteiger partial charge in [-0.2, -0.15) is 0 Å². The summed E-state index contributed by atoms with van der Waals surface area (Å²) in [4.78, 5) is 16.5. The number of hydrogen-bond acceptors (Lipinski definition) is 5. The van der Waals surface area contributed by atoms with E-state index in [1.54, 1.807) is 17.0 Å². The van der Waals surface area contributed by atoms with E-state index in [1.165, 1.54) is 13.2 Å². The van der Waals surface area contributed by atoms with E-state index in [9.17, 15) is 9.90 Å². The summed E-state index contributed by atoms with van der Waals surface area (Å²) in [5, 5.41) is 9.91. The number of phenols is 1. The molecule has 0 spiro atoms. The highest BCUT2D eigenvalue weighted by atomic mass is 16.5. The predicted octanol–water partition coefficient (Wildman–Crippen LogP) is 0.117. The number of rotatable bonds is 4. The standard InChI is InChI=1S/C14H21N3O3/c1-20-12-4-2-3-11(18)13(12)14(19)17-9-7-16(6-5-15)8-10-17/h2-4,18H,5-10,15H2,1H3. The number of methoxy groups -OCH3 is 1. The smallest absolute Gasteiger partial charge is 0.261 e. The van der Waals surface area contributed by atoms with Crippen molar-refractivity contribution < 1.29 is 14.6 Å². The number of ether oxygens (including phenoxy) is 1. The van der Waals surface area contributed by atoms with E-state index in [0.717, 1.165) is 19.6 Å². The summed E-state index contributed by atoms with van der Waals surface area (Å²) in [6.07, 6.45) is 0. The summed E-state index contributed by atoms with van der Waals surface area (Å²) in [7, 11) is 1.49. The fourth-order valence-electron chi connectivity index (χ4n) is 2.42. The van der Waals surface area contributed by atoms with Crippen LogP contribution in [0.25, 0.3) is 0 Å². The van der Waals surface area contributed by atoms with Crippen molar-refractivity contribution in [2.45, 2.75) is 0 Å². The summed E-state index contributed by atoms with van der Waals surface area (Å²) in [6, 6.07) is 4.84. The molecule has 1 aliphatic heterocycles. The highest BCUT2D eigenvalue weighted by Crippen LogP contribution is 2.28. The Hall–Kier alpha value is -1.79. The third kappa shape index (κ3) is 3.02. The first-order valence-corrected chi connectivity index (χ1v) is 6.75. The molecule has 1 saturated heterocycles. The van der Waals surface area contributed by atoms with Gasteiger partial charge in [0.05, 0.1) is 7.11 Å². The molecule has 3 N–H and O–H groups in total. The summed E-state index contributed by atoms with van der Waals surface area (Å²) in [5.74, 6) is 0.172. The first-order valence-electron chi connectivity index (χ1n) is 6.75. The molecule has 6 nitrogen and oxygen atoms in total. The summed E-state index contributed by atoms with van der Waals surface area (Å²) in [5.41, 5.74) is 5.77.